The minimum atomic E-state index is -0.828. The maximum Gasteiger partial charge on any atom is 0.333 e. The van der Waals surface area contributed by atoms with Crippen LogP contribution in [0.2, 0.25) is 0 Å². The summed E-state index contributed by atoms with van der Waals surface area (Å²) in [6, 6.07) is 0. The van der Waals surface area contributed by atoms with Gasteiger partial charge in [0.05, 0.1) is 0 Å². The van der Waals surface area contributed by atoms with Crippen molar-refractivity contribution >= 4 is 11.8 Å². The van der Waals surface area contributed by atoms with E-state index >= 15 is 0 Å². The van der Waals surface area contributed by atoms with Crippen molar-refractivity contribution in [3.8, 4) is 11.8 Å². The lowest BCUT2D eigenvalue weighted by Crippen LogP contribution is -2.39. The Morgan fingerprint density at radius 3 is 1.26 bits per heavy atom. The van der Waals surface area contributed by atoms with E-state index in [1.54, 1.807) is 0 Å². The molecule has 2 N–H and O–H groups in total. The largest absolute Gasteiger partial charge is 0.493 e. The van der Waals surface area contributed by atoms with E-state index in [1.807, 2.05) is 0 Å². The van der Waals surface area contributed by atoms with E-state index in [-0.39, 0.29) is 9.79 Å². The van der Waals surface area contributed by atoms with Gasteiger partial charge in [0.2, 0.25) is 11.8 Å². The smallest absolute Gasteiger partial charge is 0.333 e. The van der Waals surface area contributed by atoms with Crippen LogP contribution in [-0.2, 0) is 28.2 Å². The van der Waals surface area contributed by atoms with Crippen molar-refractivity contribution in [2.45, 2.75) is 9.79 Å². The average Bonchev–Trinajstić information content (AvgIpc) is 2.54. The predicted octanol–water partition coefficient (Wildman–Crippen LogP) is -1.96. The first kappa shape index (κ1) is 16.7. The number of rotatable bonds is 2. The summed E-state index contributed by atoms with van der Waals surface area (Å²) in [5, 5.41) is 20.0. The highest BCUT2D eigenvalue weighted by molar-refractivity contribution is 7.99. The van der Waals surface area contributed by atoms with Crippen LogP contribution < -0.4 is 22.5 Å². The molecule has 10 nitrogen and oxygen atoms in total. The molecule has 11 heteroatoms. The number of aromatic nitrogens is 4. The van der Waals surface area contributed by atoms with Gasteiger partial charge in [0.1, 0.15) is 9.79 Å². The molecular weight excluding hydrogens is 328 g/mol. The highest BCUT2D eigenvalue weighted by Crippen LogP contribution is 2.32. The second-order valence-corrected chi connectivity index (χ2v) is 5.84. The molecule has 2 aromatic rings. The summed E-state index contributed by atoms with van der Waals surface area (Å²) in [6.45, 7) is 0. The van der Waals surface area contributed by atoms with Crippen molar-refractivity contribution < 1.29 is 10.2 Å². The summed E-state index contributed by atoms with van der Waals surface area (Å²) in [4.78, 5) is 47.0. The fraction of sp³-hybridized carbons (Fsp3) is 0.333. The van der Waals surface area contributed by atoms with Gasteiger partial charge in [-0.15, -0.1) is 0 Å². The summed E-state index contributed by atoms with van der Waals surface area (Å²) < 4.78 is 3.16. The first-order valence-electron chi connectivity index (χ1n) is 6.25. The van der Waals surface area contributed by atoms with Crippen LogP contribution in [0.5, 0.6) is 11.8 Å². The minimum absolute atomic E-state index is 0.319. The number of hydrogen-bond donors (Lipinski definition) is 2. The maximum absolute atomic E-state index is 12.1. The molecule has 0 amide bonds. The van der Waals surface area contributed by atoms with Crippen LogP contribution in [0.1, 0.15) is 0 Å². The van der Waals surface area contributed by atoms with Gasteiger partial charge >= 0.3 is 11.4 Å². The van der Waals surface area contributed by atoms with Crippen molar-refractivity contribution in [2.24, 2.45) is 28.2 Å². The Morgan fingerprint density at radius 2 is 0.957 bits per heavy atom. The Morgan fingerprint density at radius 1 is 0.652 bits per heavy atom. The van der Waals surface area contributed by atoms with Crippen LogP contribution in [0.3, 0.4) is 0 Å². The fourth-order valence-corrected chi connectivity index (χ4v) is 3.00. The van der Waals surface area contributed by atoms with Gasteiger partial charge in [-0.3, -0.25) is 27.9 Å². The van der Waals surface area contributed by atoms with Gasteiger partial charge in [0.25, 0.3) is 11.1 Å². The lowest BCUT2D eigenvalue weighted by atomic mass is 10.5. The third kappa shape index (κ3) is 2.38. The summed E-state index contributed by atoms with van der Waals surface area (Å²) in [5.74, 6) is -1.28. The first-order chi connectivity index (χ1) is 10.6. The van der Waals surface area contributed by atoms with Crippen molar-refractivity contribution in [1.82, 2.24) is 18.3 Å². The molecule has 0 unspecified atom stereocenters. The van der Waals surface area contributed by atoms with Crippen molar-refractivity contribution in [2.75, 3.05) is 0 Å². The second-order valence-electron chi connectivity index (χ2n) is 4.82. The Bertz CT molecular complexity index is 958. The lowest BCUT2D eigenvalue weighted by Gasteiger charge is -2.12. The molecule has 0 bridgehead atoms. The zero-order chi connectivity index (χ0) is 17.6. The highest BCUT2D eigenvalue weighted by Gasteiger charge is 2.22. The summed E-state index contributed by atoms with van der Waals surface area (Å²) in [6.07, 6.45) is 0. The Kier molecular flexibility index (Phi) is 3.99. The molecule has 0 atom stereocenters. The standard InChI is InChI=1S/C12H14N4O6S/c1-13-7(17)5(8(18)14(2)11(13)21)23-6-9(19)15(3)12(22)16(4)10(6)20/h17,19H,1-4H3. The quantitative estimate of drug-likeness (QED) is 0.648. The van der Waals surface area contributed by atoms with E-state index in [1.165, 1.54) is 28.2 Å². The molecular formula is C12H14N4O6S. The fourth-order valence-electron chi connectivity index (χ4n) is 1.89. The van der Waals surface area contributed by atoms with Crippen molar-refractivity contribution in [3.05, 3.63) is 41.7 Å². The monoisotopic (exact) mass is 342 g/mol. The van der Waals surface area contributed by atoms with Crippen LogP contribution in [0.15, 0.2) is 29.0 Å². The first-order valence-corrected chi connectivity index (χ1v) is 7.07. The molecule has 0 saturated carbocycles. The van der Waals surface area contributed by atoms with Gasteiger partial charge < -0.3 is 10.2 Å². The molecule has 2 heterocycles. The van der Waals surface area contributed by atoms with E-state index in [4.69, 9.17) is 0 Å². The third-order valence-electron chi connectivity index (χ3n) is 3.39. The van der Waals surface area contributed by atoms with Crippen LogP contribution in [0.25, 0.3) is 0 Å². The molecule has 0 aliphatic rings. The van der Waals surface area contributed by atoms with E-state index in [0.717, 1.165) is 18.3 Å². The van der Waals surface area contributed by atoms with E-state index in [0.29, 0.717) is 11.8 Å². The molecule has 2 rings (SSSR count). The Labute approximate surface area is 132 Å². The van der Waals surface area contributed by atoms with Crippen molar-refractivity contribution in [1.29, 1.82) is 0 Å². The number of nitrogens with zero attached hydrogens (tertiary/aromatic N) is 4. The predicted molar refractivity (Wildman–Crippen MR) is 81.3 cm³/mol. The molecule has 0 aliphatic carbocycles. The van der Waals surface area contributed by atoms with Crippen LogP contribution in [0.4, 0.5) is 0 Å². The van der Waals surface area contributed by atoms with E-state index in [2.05, 4.69) is 0 Å². The lowest BCUT2D eigenvalue weighted by molar-refractivity contribution is 0.391. The second kappa shape index (κ2) is 5.50. The highest BCUT2D eigenvalue weighted by atomic mass is 32.2. The summed E-state index contributed by atoms with van der Waals surface area (Å²) in [5.41, 5.74) is -3.14. The van der Waals surface area contributed by atoms with Crippen LogP contribution in [-0.4, -0.2) is 28.5 Å². The van der Waals surface area contributed by atoms with Crippen molar-refractivity contribution in [3.63, 3.8) is 0 Å². The average molecular weight is 342 g/mol. The number of aromatic hydroxyl groups is 2. The molecule has 0 saturated heterocycles. The van der Waals surface area contributed by atoms with Gasteiger partial charge in [-0.1, -0.05) is 11.8 Å². The normalized spacial score (nSPS) is 11.0. The molecule has 0 aliphatic heterocycles. The van der Waals surface area contributed by atoms with Gasteiger partial charge in [-0.05, 0) is 0 Å². The summed E-state index contributed by atoms with van der Waals surface area (Å²) >= 11 is 0.482. The Balaban J connectivity index is 2.82. The SMILES string of the molecule is Cn1c(O)c(Sc2c(O)n(C)c(=O)n(C)c2=O)c(=O)n(C)c1=O. The molecule has 0 spiro atoms. The van der Waals surface area contributed by atoms with Gasteiger partial charge in [-0.25, -0.2) is 9.59 Å². The zero-order valence-electron chi connectivity index (χ0n) is 12.7. The van der Waals surface area contributed by atoms with Crippen LogP contribution in [0, 0.1) is 0 Å². The Hall–Kier alpha value is -2.69. The summed E-state index contributed by atoms with van der Waals surface area (Å²) in [7, 11) is 4.93. The van der Waals surface area contributed by atoms with Gasteiger partial charge in [0.15, 0.2) is 0 Å². The van der Waals surface area contributed by atoms with E-state index < -0.39 is 34.3 Å². The van der Waals surface area contributed by atoms with Gasteiger partial charge in [-0.2, -0.15) is 0 Å². The molecule has 0 aromatic carbocycles. The van der Waals surface area contributed by atoms with Gasteiger partial charge in [0, 0.05) is 28.2 Å². The topological polar surface area (TPSA) is 128 Å². The minimum Gasteiger partial charge on any atom is -0.493 e. The van der Waals surface area contributed by atoms with E-state index in [9.17, 15) is 29.4 Å². The molecule has 0 fully saturated rings. The third-order valence-corrected chi connectivity index (χ3v) is 4.51. The molecule has 0 radical (unpaired) electrons. The molecule has 124 valence electrons. The number of hydrogen-bond acceptors (Lipinski definition) is 7. The maximum atomic E-state index is 12.1. The van der Waals surface area contributed by atoms with Crippen LogP contribution >= 0.6 is 11.8 Å². The molecule has 23 heavy (non-hydrogen) atoms. The molecule has 2 aromatic heterocycles. The zero-order valence-corrected chi connectivity index (χ0v) is 13.5.